The molecule has 0 fully saturated rings. The van der Waals surface area contributed by atoms with Gasteiger partial charge in [0.1, 0.15) is 0 Å². The standard InChI is InChI=1S/C4HClF8/c5-2(6,7)1(3(8,9)10)4(11,12)13/h1H. The monoisotopic (exact) mass is 236 g/mol. The van der Waals surface area contributed by atoms with Crippen LogP contribution < -0.4 is 0 Å². The fourth-order valence-corrected chi connectivity index (χ4v) is 0.804. The third-order valence-electron chi connectivity index (χ3n) is 0.982. The van der Waals surface area contributed by atoms with Crippen LogP contribution in [0.3, 0.4) is 0 Å². The highest BCUT2D eigenvalue weighted by Gasteiger charge is 2.68. The Balaban J connectivity index is 5.02. The van der Waals surface area contributed by atoms with Crippen molar-refractivity contribution < 1.29 is 35.1 Å². The molecule has 0 aliphatic carbocycles. The molecule has 9 heteroatoms. The molecule has 0 atom stereocenters. The van der Waals surface area contributed by atoms with E-state index in [-0.39, 0.29) is 0 Å². The van der Waals surface area contributed by atoms with E-state index >= 15 is 0 Å². The molecule has 0 aliphatic heterocycles. The number of hydrogen-bond donors (Lipinski definition) is 0. The largest absolute Gasteiger partial charge is 0.407 e. The summed E-state index contributed by atoms with van der Waals surface area (Å²) in [6.07, 6.45) is -12.2. The second-order valence-corrected chi connectivity index (χ2v) is 2.56. The van der Waals surface area contributed by atoms with Crippen LogP contribution in [-0.2, 0) is 0 Å². The average molecular weight is 236 g/mol. The van der Waals surface area contributed by atoms with Gasteiger partial charge in [0, 0.05) is 0 Å². The minimum atomic E-state index is -6.12. The minimum Gasteiger partial charge on any atom is -0.187 e. The normalized spacial score (nSPS) is 15.2. The maximum absolute atomic E-state index is 11.7. The van der Waals surface area contributed by atoms with Gasteiger partial charge in [-0.3, -0.25) is 0 Å². The molecular weight excluding hydrogens is 235 g/mol. The second kappa shape index (κ2) is 3.14. The molecule has 0 saturated heterocycles. The van der Waals surface area contributed by atoms with Crippen molar-refractivity contribution in [3.8, 4) is 0 Å². The summed E-state index contributed by atoms with van der Waals surface area (Å²) in [7, 11) is 0. The first-order valence-electron chi connectivity index (χ1n) is 2.57. The minimum absolute atomic E-state index is 3.70. The van der Waals surface area contributed by atoms with Crippen molar-refractivity contribution in [2.45, 2.75) is 17.7 Å². The highest BCUT2D eigenvalue weighted by molar-refractivity contribution is 6.22. The molecule has 0 aromatic rings. The molecule has 0 amide bonds. The summed E-state index contributed by atoms with van der Waals surface area (Å²) in [4.78, 5) is 0. The predicted molar refractivity (Wildman–Crippen MR) is 26.4 cm³/mol. The lowest BCUT2D eigenvalue weighted by molar-refractivity contribution is -0.320. The Labute approximate surface area is 71.5 Å². The van der Waals surface area contributed by atoms with E-state index < -0.39 is 23.7 Å². The van der Waals surface area contributed by atoms with E-state index in [2.05, 4.69) is 11.6 Å². The molecule has 0 rings (SSSR count). The summed E-state index contributed by atoms with van der Waals surface area (Å²) >= 11 is 3.70. The van der Waals surface area contributed by atoms with Gasteiger partial charge in [0.05, 0.1) is 0 Å². The van der Waals surface area contributed by atoms with Gasteiger partial charge >= 0.3 is 17.7 Å². The quantitative estimate of drug-likeness (QED) is 0.482. The molecular formula is C4HClF8. The topological polar surface area (TPSA) is 0 Å². The van der Waals surface area contributed by atoms with Crippen molar-refractivity contribution in [3.05, 3.63) is 0 Å². The van der Waals surface area contributed by atoms with Crippen LogP contribution in [0, 0.1) is 5.92 Å². The molecule has 0 unspecified atom stereocenters. The zero-order chi connectivity index (χ0) is 11.1. The first kappa shape index (κ1) is 12.7. The summed E-state index contributed by atoms with van der Waals surface area (Å²) in [6, 6.07) is 0. The molecule has 80 valence electrons. The van der Waals surface area contributed by atoms with Crippen LogP contribution in [0.25, 0.3) is 0 Å². The molecule has 0 aliphatic rings. The van der Waals surface area contributed by atoms with E-state index in [0.29, 0.717) is 0 Å². The van der Waals surface area contributed by atoms with Crippen molar-refractivity contribution in [1.29, 1.82) is 0 Å². The smallest absolute Gasteiger partial charge is 0.187 e. The number of alkyl halides is 9. The molecule has 0 spiro atoms. The lowest BCUT2D eigenvalue weighted by atomic mass is 10.1. The van der Waals surface area contributed by atoms with Crippen LogP contribution in [0.1, 0.15) is 0 Å². The Morgan fingerprint density at radius 1 is 0.692 bits per heavy atom. The van der Waals surface area contributed by atoms with Gasteiger partial charge in [-0.15, -0.1) is 0 Å². The molecule has 0 aromatic carbocycles. The predicted octanol–water partition coefficient (Wildman–Crippen LogP) is 3.56. The first-order chi connectivity index (χ1) is 5.37. The molecule has 0 bridgehead atoms. The maximum Gasteiger partial charge on any atom is 0.407 e. The van der Waals surface area contributed by atoms with Crippen LogP contribution in [-0.4, -0.2) is 17.7 Å². The fraction of sp³-hybridized carbons (Fsp3) is 1.00. The Morgan fingerprint density at radius 2 is 0.923 bits per heavy atom. The summed E-state index contributed by atoms with van der Waals surface area (Å²) < 4.78 is 92.0. The van der Waals surface area contributed by atoms with E-state index in [1.165, 1.54) is 0 Å². The van der Waals surface area contributed by atoms with E-state index in [4.69, 9.17) is 0 Å². The zero-order valence-corrected chi connectivity index (χ0v) is 6.23. The Morgan fingerprint density at radius 3 is 0.923 bits per heavy atom. The third-order valence-corrected chi connectivity index (χ3v) is 1.20. The van der Waals surface area contributed by atoms with Gasteiger partial charge < -0.3 is 0 Å². The molecule has 0 saturated carbocycles. The number of rotatable bonds is 1. The number of hydrogen-bond acceptors (Lipinski definition) is 0. The average Bonchev–Trinajstić information content (AvgIpc) is 1.44. The summed E-state index contributed by atoms with van der Waals surface area (Å²) in [5, 5.41) is -5.39. The Bertz CT molecular complexity index is 139. The molecule has 0 nitrogen and oxygen atoms in total. The third kappa shape index (κ3) is 3.53. The van der Waals surface area contributed by atoms with Gasteiger partial charge in [0.15, 0.2) is 0 Å². The summed E-state index contributed by atoms with van der Waals surface area (Å²) in [6.45, 7) is 0. The van der Waals surface area contributed by atoms with Crippen molar-refractivity contribution in [3.63, 3.8) is 0 Å². The van der Waals surface area contributed by atoms with Crippen LogP contribution in [0.5, 0.6) is 0 Å². The Kier molecular flexibility index (Phi) is 3.08. The van der Waals surface area contributed by atoms with E-state index in [0.717, 1.165) is 0 Å². The fourth-order valence-electron chi connectivity index (χ4n) is 0.557. The second-order valence-electron chi connectivity index (χ2n) is 2.06. The number of halogens is 9. The highest BCUT2D eigenvalue weighted by Crippen LogP contribution is 2.49. The van der Waals surface area contributed by atoms with E-state index in [1.54, 1.807) is 0 Å². The van der Waals surface area contributed by atoms with Gasteiger partial charge in [0.25, 0.3) is 0 Å². The maximum atomic E-state index is 11.7. The van der Waals surface area contributed by atoms with E-state index in [9.17, 15) is 35.1 Å². The molecule has 13 heavy (non-hydrogen) atoms. The van der Waals surface area contributed by atoms with Crippen LogP contribution in [0.15, 0.2) is 0 Å². The molecule has 0 N–H and O–H groups in total. The van der Waals surface area contributed by atoms with E-state index in [1.807, 2.05) is 0 Å². The lowest BCUT2D eigenvalue weighted by Crippen LogP contribution is -2.46. The van der Waals surface area contributed by atoms with Gasteiger partial charge in [-0.2, -0.15) is 35.1 Å². The van der Waals surface area contributed by atoms with Gasteiger partial charge in [-0.1, -0.05) is 0 Å². The summed E-state index contributed by atoms with van der Waals surface area (Å²) in [5.41, 5.74) is 0. The zero-order valence-electron chi connectivity index (χ0n) is 5.48. The van der Waals surface area contributed by atoms with Crippen LogP contribution >= 0.6 is 11.6 Å². The van der Waals surface area contributed by atoms with Crippen molar-refractivity contribution in [2.75, 3.05) is 0 Å². The lowest BCUT2D eigenvalue weighted by Gasteiger charge is -2.25. The van der Waals surface area contributed by atoms with Crippen LogP contribution in [0.4, 0.5) is 35.1 Å². The molecule has 0 heterocycles. The van der Waals surface area contributed by atoms with Crippen LogP contribution in [0.2, 0.25) is 0 Å². The SMILES string of the molecule is FC(F)(F)C(C(F)(F)F)C(F)(F)Cl. The highest BCUT2D eigenvalue weighted by atomic mass is 35.5. The van der Waals surface area contributed by atoms with Crippen molar-refractivity contribution in [1.82, 2.24) is 0 Å². The van der Waals surface area contributed by atoms with Gasteiger partial charge in [-0.25, -0.2) is 0 Å². The summed E-state index contributed by atoms with van der Waals surface area (Å²) in [5.74, 6) is -4.84. The van der Waals surface area contributed by atoms with Crippen molar-refractivity contribution >= 4 is 11.6 Å². The molecule has 0 aromatic heterocycles. The molecule has 0 radical (unpaired) electrons. The van der Waals surface area contributed by atoms with Crippen molar-refractivity contribution in [2.24, 2.45) is 5.92 Å². The van der Waals surface area contributed by atoms with Gasteiger partial charge in [0.2, 0.25) is 5.92 Å². The Hall–Kier alpha value is -0.270. The first-order valence-corrected chi connectivity index (χ1v) is 2.94. The van der Waals surface area contributed by atoms with Gasteiger partial charge in [-0.05, 0) is 11.6 Å².